The molecule has 0 spiro atoms. The summed E-state index contributed by atoms with van der Waals surface area (Å²) in [6.07, 6.45) is -4.62. The van der Waals surface area contributed by atoms with Gasteiger partial charge < -0.3 is 9.84 Å². The predicted octanol–water partition coefficient (Wildman–Crippen LogP) is 3.07. The van der Waals surface area contributed by atoms with Crippen LogP contribution in [0.25, 0.3) is 0 Å². The minimum Gasteiger partial charge on any atom is -0.507 e. The Labute approximate surface area is 82.9 Å². The van der Waals surface area contributed by atoms with Crippen molar-refractivity contribution in [1.82, 2.24) is 0 Å². The van der Waals surface area contributed by atoms with Crippen molar-refractivity contribution >= 4 is 11.6 Å². The standard InChI is InChI=1S/C8H6ClF3O2/c1-14-7-2-4(8(10,11)12)6(13)3-5(7)9/h2-3,13H,1H3. The van der Waals surface area contributed by atoms with E-state index in [-0.39, 0.29) is 10.8 Å². The molecule has 0 aliphatic rings. The van der Waals surface area contributed by atoms with Crippen LogP contribution >= 0.6 is 11.6 Å². The SMILES string of the molecule is COc1cc(C(F)(F)F)c(O)cc1Cl. The first-order valence-corrected chi connectivity index (χ1v) is 3.87. The highest BCUT2D eigenvalue weighted by molar-refractivity contribution is 6.32. The van der Waals surface area contributed by atoms with Crippen molar-refractivity contribution < 1.29 is 23.0 Å². The van der Waals surface area contributed by atoms with Gasteiger partial charge in [-0.05, 0) is 6.07 Å². The van der Waals surface area contributed by atoms with Crippen LogP contribution in [0.3, 0.4) is 0 Å². The van der Waals surface area contributed by atoms with Crippen LogP contribution in [0, 0.1) is 0 Å². The maximum absolute atomic E-state index is 12.2. The van der Waals surface area contributed by atoms with Crippen molar-refractivity contribution in [1.29, 1.82) is 0 Å². The highest BCUT2D eigenvalue weighted by Gasteiger charge is 2.34. The molecule has 0 aromatic heterocycles. The number of phenols is 1. The number of hydrogen-bond donors (Lipinski definition) is 1. The molecule has 1 N–H and O–H groups in total. The van der Waals surface area contributed by atoms with Crippen LogP contribution in [-0.2, 0) is 6.18 Å². The molecule has 0 saturated carbocycles. The van der Waals surface area contributed by atoms with Crippen molar-refractivity contribution in [3.05, 3.63) is 22.7 Å². The lowest BCUT2D eigenvalue weighted by atomic mass is 10.2. The number of benzene rings is 1. The lowest BCUT2D eigenvalue weighted by Gasteiger charge is -2.11. The molecule has 0 fully saturated rings. The van der Waals surface area contributed by atoms with Crippen LogP contribution in [0.4, 0.5) is 13.2 Å². The zero-order valence-corrected chi connectivity index (χ0v) is 7.78. The van der Waals surface area contributed by atoms with E-state index in [0.717, 1.165) is 6.07 Å². The number of phenolic OH excluding ortho intramolecular Hbond substituents is 1. The molecule has 14 heavy (non-hydrogen) atoms. The number of halogens is 4. The topological polar surface area (TPSA) is 29.5 Å². The van der Waals surface area contributed by atoms with E-state index in [1.165, 1.54) is 7.11 Å². The molecule has 1 aromatic carbocycles. The van der Waals surface area contributed by atoms with Crippen molar-refractivity contribution in [2.24, 2.45) is 0 Å². The van der Waals surface area contributed by atoms with Crippen LogP contribution in [0.5, 0.6) is 11.5 Å². The van der Waals surface area contributed by atoms with Gasteiger partial charge >= 0.3 is 6.18 Å². The molecule has 1 rings (SSSR count). The third-order valence-corrected chi connectivity index (χ3v) is 1.87. The van der Waals surface area contributed by atoms with E-state index in [2.05, 4.69) is 4.74 Å². The van der Waals surface area contributed by atoms with Crippen LogP contribution in [0.15, 0.2) is 12.1 Å². The maximum Gasteiger partial charge on any atom is 0.420 e. The fraction of sp³-hybridized carbons (Fsp3) is 0.250. The quantitative estimate of drug-likeness (QED) is 0.797. The molecular weight excluding hydrogens is 221 g/mol. The second-order valence-corrected chi connectivity index (χ2v) is 2.91. The highest BCUT2D eigenvalue weighted by atomic mass is 35.5. The Morgan fingerprint density at radius 3 is 2.36 bits per heavy atom. The van der Waals surface area contributed by atoms with Gasteiger partial charge in [0.1, 0.15) is 17.1 Å². The molecule has 78 valence electrons. The molecule has 0 aliphatic carbocycles. The lowest BCUT2D eigenvalue weighted by Crippen LogP contribution is -2.05. The van der Waals surface area contributed by atoms with E-state index < -0.39 is 17.5 Å². The Morgan fingerprint density at radius 1 is 1.36 bits per heavy atom. The maximum atomic E-state index is 12.2. The van der Waals surface area contributed by atoms with Crippen LogP contribution in [0.2, 0.25) is 5.02 Å². The summed E-state index contributed by atoms with van der Waals surface area (Å²) >= 11 is 5.50. The van der Waals surface area contributed by atoms with Gasteiger partial charge in [0, 0.05) is 6.07 Å². The van der Waals surface area contributed by atoms with Gasteiger partial charge in [0.15, 0.2) is 0 Å². The molecule has 1 aromatic rings. The van der Waals surface area contributed by atoms with Crippen LogP contribution < -0.4 is 4.74 Å². The van der Waals surface area contributed by atoms with Gasteiger partial charge in [-0.2, -0.15) is 13.2 Å². The van der Waals surface area contributed by atoms with Gasteiger partial charge in [-0.25, -0.2) is 0 Å². The fourth-order valence-electron chi connectivity index (χ4n) is 0.926. The Bertz CT molecular complexity index is 349. The first kappa shape index (κ1) is 11.0. The second-order valence-electron chi connectivity index (χ2n) is 2.50. The van der Waals surface area contributed by atoms with Crippen molar-refractivity contribution in [2.75, 3.05) is 7.11 Å². The summed E-state index contributed by atoms with van der Waals surface area (Å²) in [6, 6.07) is 1.45. The van der Waals surface area contributed by atoms with Gasteiger partial charge in [0.2, 0.25) is 0 Å². The van der Waals surface area contributed by atoms with E-state index in [0.29, 0.717) is 6.07 Å². The number of ether oxygens (including phenoxy) is 1. The monoisotopic (exact) mass is 226 g/mol. The average molecular weight is 227 g/mol. The Kier molecular flexibility index (Phi) is 2.80. The van der Waals surface area contributed by atoms with Crippen LogP contribution in [0.1, 0.15) is 5.56 Å². The summed E-state index contributed by atoms with van der Waals surface area (Å²) in [4.78, 5) is 0. The summed E-state index contributed by atoms with van der Waals surface area (Å²) in [7, 11) is 1.19. The molecule has 2 nitrogen and oxygen atoms in total. The molecule has 0 atom stereocenters. The number of methoxy groups -OCH3 is 1. The Hall–Kier alpha value is -1.10. The normalized spacial score (nSPS) is 11.5. The lowest BCUT2D eigenvalue weighted by molar-refractivity contribution is -0.138. The zero-order chi connectivity index (χ0) is 10.9. The minimum absolute atomic E-state index is 0.0713. The molecule has 0 unspecified atom stereocenters. The summed E-state index contributed by atoms with van der Waals surface area (Å²) in [5.74, 6) is -1.04. The summed E-state index contributed by atoms with van der Waals surface area (Å²) < 4.78 is 41.3. The van der Waals surface area contributed by atoms with Crippen molar-refractivity contribution in [3.63, 3.8) is 0 Å². The number of alkyl halides is 3. The summed E-state index contributed by atoms with van der Waals surface area (Å²) in [6.45, 7) is 0. The summed E-state index contributed by atoms with van der Waals surface area (Å²) in [5, 5.41) is 8.92. The molecule has 0 radical (unpaired) electrons. The largest absolute Gasteiger partial charge is 0.507 e. The van der Waals surface area contributed by atoms with Gasteiger partial charge in [0.25, 0.3) is 0 Å². The van der Waals surface area contributed by atoms with Crippen molar-refractivity contribution in [2.45, 2.75) is 6.18 Å². The van der Waals surface area contributed by atoms with Gasteiger partial charge in [-0.15, -0.1) is 0 Å². The third-order valence-electron chi connectivity index (χ3n) is 1.58. The number of hydrogen-bond acceptors (Lipinski definition) is 2. The van der Waals surface area contributed by atoms with Gasteiger partial charge in [0.05, 0.1) is 12.1 Å². The smallest absolute Gasteiger partial charge is 0.420 e. The molecule has 0 aliphatic heterocycles. The average Bonchev–Trinajstić information content (AvgIpc) is 2.02. The molecule has 0 saturated heterocycles. The van der Waals surface area contributed by atoms with Crippen LogP contribution in [-0.4, -0.2) is 12.2 Å². The molecule has 0 heterocycles. The fourth-order valence-corrected chi connectivity index (χ4v) is 1.16. The minimum atomic E-state index is -4.62. The Balaban J connectivity index is 3.32. The Morgan fingerprint density at radius 2 is 1.93 bits per heavy atom. The molecule has 0 amide bonds. The van der Waals surface area contributed by atoms with Gasteiger partial charge in [-0.3, -0.25) is 0 Å². The number of rotatable bonds is 1. The zero-order valence-electron chi connectivity index (χ0n) is 7.02. The van der Waals surface area contributed by atoms with E-state index in [1.54, 1.807) is 0 Å². The van der Waals surface area contributed by atoms with Gasteiger partial charge in [-0.1, -0.05) is 11.6 Å². The predicted molar refractivity (Wildman–Crippen MR) is 44.7 cm³/mol. The van der Waals surface area contributed by atoms with E-state index >= 15 is 0 Å². The molecule has 0 bridgehead atoms. The first-order valence-electron chi connectivity index (χ1n) is 3.50. The second kappa shape index (κ2) is 3.57. The summed E-state index contributed by atoms with van der Waals surface area (Å²) in [5.41, 5.74) is -1.17. The third kappa shape index (κ3) is 2.04. The van der Waals surface area contributed by atoms with E-state index in [1.807, 2.05) is 0 Å². The highest BCUT2D eigenvalue weighted by Crippen LogP contribution is 2.40. The molecular formula is C8H6ClF3O2. The first-order chi connectivity index (χ1) is 6.36. The van der Waals surface area contributed by atoms with E-state index in [9.17, 15) is 13.2 Å². The van der Waals surface area contributed by atoms with Crippen molar-refractivity contribution in [3.8, 4) is 11.5 Å². The van der Waals surface area contributed by atoms with E-state index in [4.69, 9.17) is 16.7 Å². The number of aromatic hydroxyl groups is 1. The molecule has 6 heteroatoms.